The second kappa shape index (κ2) is 7.08. The zero-order valence-corrected chi connectivity index (χ0v) is 13.9. The molecule has 0 bridgehead atoms. The van der Waals surface area contributed by atoms with E-state index >= 15 is 0 Å². The summed E-state index contributed by atoms with van der Waals surface area (Å²) in [6.45, 7) is 9.19. The van der Waals surface area contributed by atoms with Crippen LogP contribution in [-0.2, 0) is 6.54 Å². The third-order valence-electron chi connectivity index (χ3n) is 3.06. The van der Waals surface area contributed by atoms with Gasteiger partial charge in [0.15, 0.2) is 0 Å². The minimum atomic E-state index is -0.0641. The summed E-state index contributed by atoms with van der Waals surface area (Å²) in [7, 11) is 0. The fraction of sp³-hybridized carbons (Fsp3) is 0.714. The normalized spacial score (nSPS) is 11.6. The molecule has 0 fully saturated rings. The Morgan fingerprint density at radius 3 is 2.63 bits per heavy atom. The van der Waals surface area contributed by atoms with Crippen molar-refractivity contribution in [3.63, 3.8) is 0 Å². The largest absolute Gasteiger partial charge is 0.378 e. The Morgan fingerprint density at radius 1 is 1.37 bits per heavy atom. The molecule has 108 valence electrons. The van der Waals surface area contributed by atoms with Crippen LogP contribution >= 0.6 is 15.9 Å². The summed E-state index contributed by atoms with van der Waals surface area (Å²) >= 11 is 3.39. The molecule has 0 aliphatic heterocycles. The molecule has 4 nitrogen and oxygen atoms in total. The number of nitrogens with one attached hydrogen (secondary N) is 1. The quantitative estimate of drug-likeness (QED) is 0.827. The number of unbranched alkanes of at least 4 members (excludes halogenated alkanes) is 1. The van der Waals surface area contributed by atoms with Gasteiger partial charge in [-0.2, -0.15) is 5.10 Å². The first-order chi connectivity index (χ1) is 8.91. The Morgan fingerprint density at radius 2 is 2.05 bits per heavy atom. The van der Waals surface area contributed by atoms with E-state index in [1.54, 1.807) is 6.20 Å². The first-order valence-corrected chi connectivity index (χ1v) is 7.74. The van der Waals surface area contributed by atoms with Crippen molar-refractivity contribution in [2.75, 3.05) is 5.32 Å². The van der Waals surface area contributed by atoms with Gasteiger partial charge < -0.3 is 5.32 Å². The van der Waals surface area contributed by atoms with Gasteiger partial charge in [0.1, 0.15) is 4.47 Å². The predicted molar refractivity (Wildman–Crippen MR) is 83.7 cm³/mol. The third-order valence-corrected chi connectivity index (χ3v) is 3.82. The van der Waals surface area contributed by atoms with Gasteiger partial charge in [-0.15, -0.1) is 0 Å². The monoisotopic (exact) mass is 329 g/mol. The smallest absolute Gasteiger partial charge is 0.283 e. The van der Waals surface area contributed by atoms with E-state index in [1.165, 1.54) is 4.68 Å². The van der Waals surface area contributed by atoms with Crippen LogP contribution in [0.1, 0.15) is 53.4 Å². The van der Waals surface area contributed by atoms with E-state index in [1.807, 2.05) is 0 Å². The second-order valence-corrected chi connectivity index (χ2v) is 6.31. The SMILES string of the molecule is CCCCn1ncc(NC(C)(C)CCC)c(Br)c1=O. The maximum atomic E-state index is 12.2. The number of nitrogens with zero attached hydrogens (tertiary/aromatic N) is 2. The average molecular weight is 330 g/mol. The molecule has 0 amide bonds. The summed E-state index contributed by atoms with van der Waals surface area (Å²) in [5.74, 6) is 0. The molecule has 1 N–H and O–H groups in total. The van der Waals surface area contributed by atoms with Crippen LogP contribution < -0.4 is 10.9 Å². The maximum absolute atomic E-state index is 12.2. The third kappa shape index (κ3) is 4.64. The van der Waals surface area contributed by atoms with Crippen molar-refractivity contribution in [3.8, 4) is 0 Å². The molecule has 0 saturated carbocycles. The van der Waals surface area contributed by atoms with Crippen molar-refractivity contribution in [1.29, 1.82) is 0 Å². The van der Waals surface area contributed by atoms with Gasteiger partial charge in [0.25, 0.3) is 5.56 Å². The highest BCUT2D eigenvalue weighted by Gasteiger charge is 2.19. The van der Waals surface area contributed by atoms with Crippen LogP contribution in [0.2, 0.25) is 0 Å². The lowest BCUT2D eigenvalue weighted by Crippen LogP contribution is -2.33. The minimum Gasteiger partial charge on any atom is -0.378 e. The molecule has 0 unspecified atom stereocenters. The Balaban J connectivity index is 2.93. The highest BCUT2D eigenvalue weighted by atomic mass is 79.9. The predicted octanol–water partition coefficient (Wildman–Crippen LogP) is 3.80. The molecule has 1 aromatic rings. The van der Waals surface area contributed by atoms with Gasteiger partial charge in [-0.05, 0) is 42.6 Å². The molecule has 0 spiro atoms. The van der Waals surface area contributed by atoms with Crippen molar-refractivity contribution in [2.45, 2.75) is 65.5 Å². The van der Waals surface area contributed by atoms with Crippen LogP contribution in [0.5, 0.6) is 0 Å². The van der Waals surface area contributed by atoms with Crippen molar-refractivity contribution < 1.29 is 0 Å². The number of aryl methyl sites for hydroxylation is 1. The van der Waals surface area contributed by atoms with E-state index in [0.717, 1.165) is 31.4 Å². The van der Waals surface area contributed by atoms with E-state index in [9.17, 15) is 4.79 Å². The van der Waals surface area contributed by atoms with Gasteiger partial charge in [0, 0.05) is 12.1 Å². The van der Waals surface area contributed by atoms with Gasteiger partial charge in [0.05, 0.1) is 11.9 Å². The number of anilines is 1. The lowest BCUT2D eigenvalue weighted by atomic mass is 9.99. The number of rotatable bonds is 7. The van der Waals surface area contributed by atoms with E-state index in [0.29, 0.717) is 11.0 Å². The highest BCUT2D eigenvalue weighted by molar-refractivity contribution is 9.10. The number of halogens is 1. The molecular weight excluding hydrogens is 306 g/mol. The van der Waals surface area contributed by atoms with Crippen molar-refractivity contribution in [3.05, 3.63) is 21.0 Å². The zero-order valence-electron chi connectivity index (χ0n) is 12.3. The topological polar surface area (TPSA) is 46.9 Å². The fourth-order valence-corrected chi connectivity index (χ4v) is 2.48. The molecule has 5 heteroatoms. The van der Waals surface area contributed by atoms with Crippen LogP contribution in [0.25, 0.3) is 0 Å². The highest BCUT2D eigenvalue weighted by Crippen LogP contribution is 2.23. The Bertz CT molecular complexity index is 468. The van der Waals surface area contributed by atoms with Gasteiger partial charge in [-0.3, -0.25) is 4.79 Å². The molecule has 1 aromatic heterocycles. The summed E-state index contributed by atoms with van der Waals surface area (Å²) in [4.78, 5) is 12.2. The number of hydrogen-bond acceptors (Lipinski definition) is 3. The summed E-state index contributed by atoms with van der Waals surface area (Å²) in [5, 5.41) is 7.62. The number of hydrogen-bond donors (Lipinski definition) is 1. The average Bonchev–Trinajstić information content (AvgIpc) is 2.34. The molecule has 0 aromatic carbocycles. The van der Waals surface area contributed by atoms with Gasteiger partial charge in [-0.1, -0.05) is 26.7 Å². The Hall–Kier alpha value is -0.840. The number of aromatic nitrogens is 2. The van der Waals surface area contributed by atoms with Crippen LogP contribution in [-0.4, -0.2) is 15.3 Å². The maximum Gasteiger partial charge on any atom is 0.283 e. The van der Waals surface area contributed by atoms with Crippen molar-refractivity contribution in [2.24, 2.45) is 0 Å². The van der Waals surface area contributed by atoms with E-state index in [2.05, 4.69) is 54.0 Å². The molecular formula is C14H24BrN3O. The first kappa shape index (κ1) is 16.2. The van der Waals surface area contributed by atoms with Gasteiger partial charge in [0.2, 0.25) is 0 Å². The van der Waals surface area contributed by atoms with Crippen LogP contribution in [0.4, 0.5) is 5.69 Å². The molecule has 0 radical (unpaired) electrons. The fourth-order valence-electron chi connectivity index (χ4n) is 2.07. The van der Waals surface area contributed by atoms with Crippen molar-refractivity contribution >= 4 is 21.6 Å². The molecule has 0 aliphatic carbocycles. The van der Waals surface area contributed by atoms with Crippen molar-refractivity contribution in [1.82, 2.24) is 9.78 Å². The van der Waals surface area contributed by atoms with E-state index in [4.69, 9.17) is 0 Å². The minimum absolute atomic E-state index is 0.0407. The second-order valence-electron chi connectivity index (χ2n) is 5.51. The molecule has 0 saturated heterocycles. The van der Waals surface area contributed by atoms with Crippen LogP contribution in [0.15, 0.2) is 15.5 Å². The van der Waals surface area contributed by atoms with E-state index < -0.39 is 0 Å². The lowest BCUT2D eigenvalue weighted by Gasteiger charge is -2.27. The molecule has 0 aliphatic rings. The van der Waals surface area contributed by atoms with E-state index in [-0.39, 0.29) is 11.1 Å². The lowest BCUT2D eigenvalue weighted by molar-refractivity contribution is 0.506. The van der Waals surface area contributed by atoms with Crippen LogP contribution in [0, 0.1) is 0 Å². The summed E-state index contributed by atoms with van der Waals surface area (Å²) in [6, 6.07) is 0. The first-order valence-electron chi connectivity index (χ1n) is 6.95. The van der Waals surface area contributed by atoms with Gasteiger partial charge >= 0.3 is 0 Å². The summed E-state index contributed by atoms with van der Waals surface area (Å²) in [6.07, 6.45) is 5.89. The molecule has 19 heavy (non-hydrogen) atoms. The summed E-state index contributed by atoms with van der Waals surface area (Å²) in [5.41, 5.74) is 0.669. The molecule has 0 atom stereocenters. The Labute approximate surface area is 123 Å². The van der Waals surface area contributed by atoms with Gasteiger partial charge in [-0.25, -0.2) is 4.68 Å². The zero-order chi connectivity index (χ0) is 14.5. The van der Waals surface area contributed by atoms with Crippen LogP contribution in [0.3, 0.4) is 0 Å². The molecule has 1 rings (SSSR count). The Kier molecular flexibility index (Phi) is 6.04. The summed E-state index contributed by atoms with van der Waals surface area (Å²) < 4.78 is 2.09. The molecule has 1 heterocycles. The standard InChI is InChI=1S/C14H24BrN3O/c1-5-7-9-18-13(19)12(15)11(10-16-18)17-14(3,4)8-6-2/h10,17H,5-9H2,1-4H3.